The van der Waals surface area contributed by atoms with Crippen LogP contribution in [0.4, 0.5) is 0 Å². The molecule has 114 valence electrons. The third-order valence-electron chi connectivity index (χ3n) is 3.19. The van der Waals surface area contributed by atoms with Crippen molar-refractivity contribution >= 4 is 15.9 Å². The highest BCUT2D eigenvalue weighted by molar-refractivity contribution is 9.10. The molecule has 8 heteroatoms. The van der Waals surface area contributed by atoms with Crippen LogP contribution in [0.15, 0.2) is 33.3 Å². The fourth-order valence-electron chi connectivity index (χ4n) is 1.96. The summed E-state index contributed by atoms with van der Waals surface area (Å²) >= 11 is 3.40. The topological polar surface area (TPSA) is 82.5 Å². The molecule has 3 rings (SSSR count). The zero-order chi connectivity index (χ0) is 15.5. The van der Waals surface area contributed by atoms with Crippen molar-refractivity contribution in [2.75, 3.05) is 0 Å². The number of aryl methyl sites for hydroxylation is 1. The molecule has 0 amide bonds. The van der Waals surface area contributed by atoms with Gasteiger partial charge in [0.25, 0.3) is 5.89 Å². The quantitative estimate of drug-likeness (QED) is 0.693. The van der Waals surface area contributed by atoms with Crippen molar-refractivity contribution in [3.63, 3.8) is 0 Å². The summed E-state index contributed by atoms with van der Waals surface area (Å²) in [6.45, 7) is 3.97. The molecule has 0 fully saturated rings. The molecule has 0 radical (unpaired) electrons. The largest absolute Gasteiger partial charge is 0.337 e. The molecule has 0 aliphatic rings. The van der Waals surface area contributed by atoms with E-state index in [1.807, 2.05) is 31.2 Å². The normalized spacial score (nSPS) is 12.5. The molecule has 1 aromatic carbocycles. The van der Waals surface area contributed by atoms with E-state index >= 15 is 0 Å². The van der Waals surface area contributed by atoms with E-state index in [0.717, 1.165) is 22.9 Å². The van der Waals surface area contributed by atoms with E-state index in [1.54, 1.807) is 0 Å². The number of aromatic nitrogens is 6. The Bertz CT molecular complexity index is 751. The van der Waals surface area contributed by atoms with Gasteiger partial charge in [-0.05, 0) is 42.8 Å². The lowest BCUT2D eigenvalue weighted by atomic mass is 10.2. The monoisotopic (exact) mass is 362 g/mol. The summed E-state index contributed by atoms with van der Waals surface area (Å²) in [6, 6.07) is 7.49. The minimum atomic E-state index is -0.255. The van der Waals surface area contributed by atoms with Crippen LogP contribution >= 0.6 is 15.9 Å². The zero-order valence-corrected chi connectivity index (χ0v) is 13.9. The van der Waals surface area contributed by atoms with Gasteiger partial charge < -0.3 is 4.52 Å². The van der Waals surface area contributed by atoms with Crippen molar-refractivity contribution in [1.29, 1.82) is 0 Å². The summed E-state index contributed by atoms with van der Waals surface area (Å²) in [6.07, 6.45) is 1.77. The summed E-state index contributed by atoms with van der Waals surface area (Å²) in [5, 5.41) is 16.5. The van der Waals surface area contributed by atoms with Gasteiger partial charge in [0.15, 0.2) is 5.82 Å². The first kappa shape index (κ1) is 14.8. The van der Waals surface area contributed by atoms with Crippen LogP contribution in [0, 0.1) is 0 Å². The predicted octanol–water partition coefficient (Wildman–Crippen LogP) is 3.05. The lowest BCUT2D eigenvalue weighted by Gasteiger charge is -2.02. The van der Waals surface area contributed by atoms with Crippen LogP contribution in [0.2, 0.25) is 0 Å². The summed E-state index contributed by atoms with van der Waals surface area (Å²) in [5.41, 5.74) is 0.902. The Morgan fingerprint density at radius 1 is 1.27 bits per heavy atom. The Kier molecular flexibility index (Phi) is 4.28. The van der Waals surface area contributed by atoms with Crippen LogP contribution in [0.25, 0.3) is 11.4 Å². The first-order valence-electron chi connectivity index (χ1n) is 7.05. The maximum atomic E-state index is 5.27. The van der Waals surface area contributed by atoms with Gasteiger partial charge >= 0.3 is 0 Å². The van der Waals surface area contributed by atoms with E-state index in [2.05, 4.69) is 48.4 Å². The second kappa shape index (κ2) is 6.35. The fraction of sp³-hybridized carbons (Fsp3) is 0.357. The highest BCUT2D eigenvalue weighted by Gasteiger charge is 2.19. The lowest BCUT2D eigenvalue weighted by molar-refractivity contribution is 0.318. The molecule has 3 aromatic rings. The van der Waals surface area contributed by atoms with Crippen molar-refractivity contribution in [2.45, 2.75) is 32.7 Å². The van der Waals surface area contributed by atoms with Crippen molar-refractivity contribution in [3.05, 3.63) is 40.5 Å². The first-order chi connectivity index (χ1) is 10.7. The van der Waals surface area contributed by atoms with Gasteiger partial charge in [-0.25, -0.2) is 0 Å². The fourth-order valence-corrected chi connectivity index (χ4v) is 2.23. The van der Waals surface area contributed by atoms with Crippen molar-refractivity contribution in [3.8, 4) is 11.4 Å². The maximum absolute atomic E-state index is 5.27. The molecule has 0 saturated carbocycles. The molecule has 7 nitrogen and oxygen atoms in total. The average Bonchev–Trinajstić information content (AvgIpc) is 3.17. The van der Waals surface area contributed by atoms with Crippen LogP contribution in [0.5, 0.6) is 0 Å². The van der Waals surface area contributed by atoms with Gasteiger partial charge in [-0.2, -0.15) is 9.78 Å². The van der Waals surface area contributed by atoms with E-state index in [1.165, 1.54) is 4.80 Å². The molecule has 0 aliphatic heterocycles. The van der Waals surface area contributed by atoms with Crippen LogP contribution < -0.4 is 0 Å². The molecule has 0 aliphatic carbocycles. The van der Waals surface area contributed by atoms with Gasteiger partial charge in [0.05, 0.1) is 0 Å². The number of hydrogen-bond acceptors (Lipinski definition) is 6. The van der Waals surface area contributed by atoms with E-state index < -0.39 is 0 Å². The Balaban J connectivity index is 1.81. The van der Waals surface area contributed by atoms with Gasteiger partial charge in [0, 0.05) is 16.5 Å². The Hall–Kier alpha value is -2.09. The van der Waals surface area contributed by atoms with E-state index in [-0.39, 0.29) is 6.04 Å². The highest BCUT2D eigenvalue weighted by Crippen LogP contribution is 2.19. The molecule has 0 bridgehead atoms. The summed E-state index contributed by atoms with van der Waals surface area (Å²) in [7, 11) is 0. The van der Waals surface area contributed by atoms with Crippen LogP contribution in [-0.2, 0) is 6.42 Å². The molecule has 0 N–H and O–H groups in total. The molecular weight excluding hydrogens is 348 g/mol. The molecular formula is C14H15BrN6O. The van der Waals surface area contributed by atoms with Gasteiger partial charge in [0.2, 0.25) is 5.82 Å². The number of nitrogens with zero attached hydrogens (tertiary/aromatic N) is 6. The second-order valence-corrected chi connectivity index (χ2v) is 5.83. The number of benzene rings is 1. The molecule has 2 aromatic heterocycles. The van der Waals surface area contributed by atoms with Gasteiger partial charge in [-0.3, -0.25) is 0 Å². The SMILES string of the molecule is CCCc1noc(C(C)n2nnc(-c3ccc(Br)cc3)n2)n1. The third-order valence-corrected chi connectivity index (χ3v) is 3.72. The van der Waals surface area contributed by atoms with Gasteiger partial charge in [0.1, 0.15) is 6.04 Å². The first-order valence-corrected chi connectivity index (χ1v) is 7.84. The Morgan fingerprint density at radius 3 is 2.77 bits per heavy atom. The number of rotatable bonds is 5. The smallest absolute Gasteiger partial charge is 0.253 e. The van der Waals surface area contributed by atoms with E-state index in [4.69, 9.17) is 4.52 Å². The summed E-state index contributed by atoms with van der Waals surface area (Å²) in [5.74, 6) is 1.76. The molecule has 22 heavy (non-hydrogen) atoms. The summed E-state index contributed by atoms with van der Waals surface area (Å²) < 4.78 is 6.27. The lowest BCUT2D eigenvalue weighted by Crippen LogP contribution is -2.11. The van der Waals surface area contributed by atoms with Gasteiger partial charge in [-0.15, -0.1) is 10.2 Å². The zero-order valence-electron chi connectivity index (χ0n) is 12.3. The van der Waals surface area contributed by atoms with Crippen LogP contribution in [-0.4, -0.2) is 30.3 Å². The molecule has 1 atom stereocenters. The maximum Gasteiger partial charge on any atom is 0.253 e. The highest BCUT2D eigenvalue weighted by atomic mass is 79.9. The number of halogens is 1. The van der Waals surface area contributed by atoms with Crippen molar-refractivity contribution in [2.24, 2.45) is 0 Å². The number of hydrogen-bond donors (Lipinski definition) is 0. The predicted molar refractivity (Wildman–Crippen MR) is 83.1 cm³/mol. The van der Waals surface area contributed by atoms with Gasteiger partial charge in [-0.1, -0.05) is 28.0 Å². The molecule has 1 unspecified atom stereocenters. The Morgan fingerprint density at radius 2 is 2.05 bits per heavy atom. The third kappa shape index (κ3) is 3.06. The molecule has 2 heterocycles. The minimum Gasteiger partial charge on any atom is -0.337 e. The van der Waals surface area contributed by atoms with E-state index in [9.17, 15) is 0 Å². The molecule has 0 spiro atoms. The van der Waals surface area contributed by atoms with E-state index in [0.29, 0.717) is 17.5 Å². The Labute approximate surface area is 135 Å². The average molecular weight is 363 g/mol. The second-order valence-electron chi connectivity index (χ2n) is 4.92. The van der Waals surface area contributed by atoms with Crippen LogP contribution in [0.3, 0.4) is 0 Å². The van der Waals surface area contributed by atoms with Crippen molar-refractivity contribution in [1.82, 2.24) is 30.3 Å². The summed E-state index contributed by atoms with van der Waals surface area (Å²) in [4.78, 5) is 5.84. The van der Waals surface area contributed by atoms with Crippen LogP contribution in [0.1, 0.15) is 38.0 Å². The minimum absolute atomic E-state index is 0.255. The number of tetrazole rings is 1. The van der Waals surface area contributed by atoms with Crippen molar-refractivity contribution < 1.29 is 4.52 Å². The standard InChI is InChI=1S/C14H15BrN6O/c1-3-4-12-16-14(22-19-12)9(2)21-18-13(17-20-21)10-5-7-11(15)8-6-10/h5-9H,3-4H2,1-2H3. The molecule has 0 saturated heterocycles.